The predicted octanol–water partition coefficient (Wildman–Crippen LogP) is 2.59. The van der Waals surface area contributed by atoms with Crippen LogP contribution in [0.25, 0.3) is 0 Å². The van der Waals surface area contributed by atoms with Crippen LogP contribution in [0, 0.1) is 0 Å². The molecule has 46 valence electrons. The summed E-state index contributed by atoms with van der Waals surface area (Å²) in [6.45, 7) is 6.84. The molecule has 0 fully saturated rings. The number of hydrogen-bond donors (Lipinski definition) is 0. The predicted molar refractivity (Wildman–Crippen MR) is 48.7 cm³/mol. The van der Waals surface area contributed by atoms with Gasteiger partial charge in [0.15, 0.2) is 0 Å². The Balaban J connectivity index is 3.06. The molecule has 0 saturated heterocycles. The zero-order valence-corrected chi connectivity index (χ0v) is 7.35. The Bertz CT molecular complexity index is 90.2. The summed E-state index contributed by atoms with van der Waals surface area (Å²) in [5.74, 6) is 0. The number of halogens is 1. The van der Waals surface area contributed by atoms with Crippen molar-refractivity contribution < 1.29 is 0 Å². The molecule has 0 heterocycles. The molecule has 0 rings (SSSR count). The summed E-state index contributed by atoms with van der Waals surface area (Å²) >= 11 is 1.30. The van der Waals surface area contributed by atoms with Crippen LogP contribution in [0.4, 0.5) is 0 Å². The molecule has 0 aliphatic heterocycles. The van der Waals surface area contributed by atoms with Crippen LogP contribution in [0.1, 0.15) is 0 Å². The van der Waals surface area contributed by atoms with E-state index in [-0.39, 0.29) is 21.0 Å². The van der Waals surface area contributed by atoms with E-state index >= 15 is 0 Å². The summed E-state index contributed by atoms with van der Waals surface area (Å²) in [7, 11) is 0. The second-order valence-electron chi connectivity index (χ2n) is 0.804. The van der Waals surface area contributed by atoms with Crippen LogP contribution in [0.2, 0.25) is 0 Å². The fraction of sp³-hybridized carbons (Fsp3) is 0.250. The molecule has 8 heavy (non-hydrogen) atoms. The average Bonchev–Trinajstić information content (AvgIpc) is 1.81. The molecule has 0 aromatic rings. The number of nitrogens with zero attached hydrogens (tertiary/aromatic N) is 2. The quantitative estimate of drug-likeness (QED) is 0.244. The monoisotopic (exact) mass is 242 g/mol. The highest BCUT2D eigenvalue weighted by Crippen LogP contribution is 2.11. The smallest absolute Gasteiger partial charge is 0.102 e. The minimum atomic E-state index is -0.0941. The molecule has 4 heteroatoms. The van der Waals surface area contributed by atoms with Crippen molar-refractivity contribution in [3.63, 3.8) is 0 Å². The van der Waals surface area contributed by atoms with Crippen molar-refractivity contribution in [3.05, 3.63) is 12.0 Å². The maximum Gasteiger partial charge on any atom is 0.102 e. The molecule has 0 bridgehead atoms. The van der Waals surface area contributed by atoms with Gasteiger partial charge in [0.05, 0.1) is 0 Å². The van der Waals surface area contributed by atoms with Crippen molar-refractivity contribution in [2.24, 2.45) is 7.54 Å². The van der Waals surface area contributed by atoms with Gasteiger partial charge >= 0.3 is 0 Å². The molecule has 2 nitrogen and oxygen atoms in total. The Labute approximate surface area is 63.8 Å². The lowest BCUT2D eigenvalue weighted by molar-refractivity contribution is 1.46. The molecule has 0 aromatic carbocycles. The maximum absolute atomic E-state index is 4.05. The second-order valence-corrected chi connectivity index (χ2v) is 4.03. The number of rotatable bonds is 4. The van der Waals surface area contributed by atoms with Gasteiger partial charge in [0.2, 0.25) is 0 Å². The molecule has 0 radical (unpaired) electrons. The van der Waals surface area contributed by atoms with E-state index in [0.717, 1.165) is 4.55 Å². The summed E-state index contributed by atoms with van der Waals surface area (Å²) < 4.78 is 4.87. The third kappa shape index (κ3) is 6.29. The van der Waals surface area contributed by atoms with E-state index in [0.29, 0.717) is 0 Å². The van der Waals surface area contributed by atoms with E-state index in [1.165, 1.54) is 11.9 Å². The van der Waals surface area contributed by atoms with Crippen LogP contribution in [-0.4, -0.2) is 11.3 Å². The van der Waals surface area contributed by atoms with Crippen LogP contribution in [0.5, 0.6) is 0 Å². The molecule has 0 atom stereocenters. The maximum atomic E-state index is 4.05. The minimum absolute atomic E-state index is 0.0941. The molecule has 0 amide bonds. The number of alkyl halides is 1. The highest BCUT2D eigenvalue weighted by molar-refractivity contribution is 14.2. The Morgan fingerprint density at radius 3 is 3.00 bits per heavy atom. The topological polar surface area (TPSA) is 24.7 Å². The summed E-state index contributed by atoms with van der Waals surface area (Å²) in [4.78, 5) is 3.66. The van der Waals surface area contributed by atoms with E-state index in [1.54, 1.807) is 5.41 Å². The Morgan fingerprint density at radius 2 is 2.50 bits per heavy atom. The largest absolute Gasteiger partial charge is 0.289 e. The molecule has 0 N–H and O–H groups in total. The van der Waals surface area contributed by atoms with Gasteiger partial charge in [-0.1, -0.05) is 6.58 Å². The first-order chi connectivity index (χ1) is 3.91. The third-order valence-corrected chi connectivity index (χ3v) is 2.93. The molecule has 0 spiro atoms. The lowest BCUT2D eigenvalue weighted by atomic mass is 11.3. The molecule has 0 saturated carbocycles. The van der Waals surface area contributed by atoms with Crippen molar-refractivity contribution in [2.45, 2.75) is 0 Å². The van der Waals surface area contributed by atoms with Crippen LogP contribution >= 0.6 is 33.0 Å². The van der Waals surface area contributed by atoms with Gasteiger partial charge in [-0.05, 0) is 12.1 Å². The Morgan fingerprint density at radius 1 is 1.75 bits per heavy atom. The zero-order chi connectivity index (χ0) is 6.24. The van der Waals surface area contributed by atoms with E-state index in [4.69, 9.17) is 0 Å². The molecule has 0 aromatic heterocycles. The van der Waals surface area contributed by atoms with Crippen molar-refractivity contribution >= 4 is 39.7 Å². The van der Waals surface area contributed by atoms with Crippen LogP contribution in [-0.2, 0) is 0 Å². The van der Waals surface area contributed by atoms with Gasteiger partial charge in [-0.3, -0.25) is 4.99 Å². The minimum Gasteiger partial charge on any atom is -0.289 e. The van der Waals surface area contributed by atoms with Crippen molar-refractivity contribution in [3.8, 4) is 0 Å². The first-order valence-corrected chi connectivity index (χ1v) is 5.22. The van der Waals surface area contributed by atoms with E-state index in [9.17, 15) is 0 Å². The van der Waals surface area contributed by atoms with Gasteiger partial charge < -0.3 is 0 Å². The zero-order valence-electron chi connectivity index (χ0n) is 4.38. The number of hydrogen-bond acceptors (Lipinski definition) is 3. The first kappa shape index (κ1) is 8.29. The first-order valence-electron chi connectivity index (χ1n) is 1.90. The van der Waals surface area contributed by atoms with Crippen LogP contribution in [0.15, 0.2) is 19.5 Å². The molecule has 0 aliphatic rings. The highest BCUT2D eigenvalue weighted by Gasteiger charge is 1.68. The summed E-state index contributed by atoms with van der Waals surface area (Å²) in [5.41, 5.74) is 0. The molecular formula is C4H7IN2S. The van der Waals surface area contributed by atoms with E-state index in [2.05, 4.69) is 20.8 Å². The van der Waals surface area contributed by atoms with Crippen LogP contribution < -0.4 is 0 Å². The Hall–Kier alpha value is 0.290. The number of aliphatic imine (C=N–C) groups is 1. The normalized spacial score (nSPS) is 10.5. The van der Waals surface area contributed by atoms with Crippen LogP contribution in [0.3, 0.4) is 0 Å². The lowest BCUT2D eigenvalue weighted by Crippen LogP contribution is -1.51. The van der Waals surface area contributed by atoms with Crippen molar-refractivity contribution in [1.82, 2.24) is 0 Å². The van der Waals surface area contributed by atoms with Gasteiger partial charge in [-0.2, -0.15) is 2.55 Å². The van der Waals surface area contributed by atoms with Gasteiger partial charge in [-0.25, -0.2) is 0 Å². The van der Waals surface area contributed by atoms with Gasteiger partial charge in [0, 0.05) is 33.0 Å². The van der Waals surface area contributed by atoms with E-state index < -0.39 is 0 Å². The molecular weight excluding hydrogens is 235 g/mol. The highest BCUT2D eigenvalue weighted by atomic mass is 127. The molecule has 0 aliphatic carbocycles. The van der Waals surface area contributed by atoms with Crippen molar-refractivity contribution in [2.75, 3.05) is 4.55 Å². The van der Waals surface area contributed by atoms with Gasteiger partial charge in [0.25, 0.3) is 0 Å². The standard InChI is InChI=1S/C4H7IN2S/c1-3-8-7-5-4-6-2/h3H,1-2,4H2. The average molecular weight is 242 g/mol. The van der Waals surface area contributed by atoms with Crippen molar-refractivity contribution in [1.29, 1.82) is 0 Å². The summed E-state index contributed by atoms with van der Waals surface area (Å²) in [6.07, 6.45) is 0. The SMILES string of the molecule is C=CS/N=I/CN=C. The second kappa shape index (κ2) is 7.29. The van der Waals surface area contributed by atoms with Gasteiger partial charge in [0.1, 0.15) is 4.55 Å². The Kier molecular flexibility index (Phi) is 7.55. The third-order valence-electron chi connectivity index (χ3n) is 0.301. The fourth-order valence-corrected chi connectivity index (χ4v) is 1.83. The van der Waals surface area contributed by atoms with E-state index in [1.807, 2.05) is 0 Å². The summed E-state index contributed by atoms with van der Waals surface area (Å²) in [6, 6.07) is 0. The molecule has 0 unspecified atom stereocenters. The fourth-order valence-electron chi connectivity index (χ4n) is 0.116. The van der Waals surface area contributed by atoms with Gasteiger partial charge in [-0.15, -0.1) is 0 Å². The lowest BCUT2D eigenvalue weighted by Gasteiger charge is -1.75. The summed E-state index contributed by atoms with van der Waals surface area (Å²) in [5, 5.41) is 1.71.